The molecule has 2 heterocycles. The molecular weight excluding hydrogens is 380 g/mol. The van der Waals surface area contributed by atoms with Crippen LogP contribution in [0.2, 0.25) is 5.02 Å². The summed E-state index contributed by atoms with van der Waals surface area (Å²) in [5, 5.41) is 0.539. The van der Waals surface area contributed by atoms with Crippen LogP contribution in [0.25, 0.3) is 0 Å². The topological polar surface area (TPSA) is 67.7 Å². The Bertz CT molecular complexity index is 920. The number of piperazine rings is 1. The molecule has 4 rings (SSSR count). The summed E-state index contributed by atoms with van der Waals surface area (Å²) in [6, 6.07) is 7.08. The molecule has 0 spiro atoms. The van der Waals surface area contributed by atoms with Crippen LogP contribution in [-0.2, 0) is 9.53 Å². The first kappa shape index (κ1) is 19.0. The Labute approximate surface area is 168 Å². The summed E-state index contributed by atoms with van der Waals surface area (Å²) in [7, 11) is 1.39. The predicted octanol–water partition coefficient (Wildman–Crippen LogP) is 2.27. The highest BCUT2D eigenvalue weighted by Gasteiger charge is 2.34. The lowest BCUT2D eigenvalue weighted by molar-refractivity contribution is -0.147. The molecule has 0 radical (unpaired) electrons. The number of hydrogen-bond donors (Lipinski definition) is 0. The molecular formula is C20H23ClN4O3. The number of carbonyl (C=O) groups is 1. The van der Waals surface area contributed by atoms with Gasteiger partial charge in [-0.25, -0.2) is 9.78 Å². The van der Waals surface area contributed by atoms with Gasteiger partial charge in [-0.1, -0.05) is 29.8 Å². The fourth-order valence-corrected chi connectivity index (χ4v) is 3.98. The van der Waals surface area contributed by atoms with Crippen molar-refractivity contribution >= 4 is 23.4 Å². The van der Waals surface area contributed by atoms with Crippen molar-refractivity contribution in [3.05, 3.63) is 57.6 Å². The summed E-state index contributed by atoms with van der Waals surface area (Å²) < 4.78 is 6.82. The zero-order valence-corrected chi connectivity index (χ0v) is 16.5. The fraction of sp³-hybridized carbons (Fsp3) is 0.450. The van der Waals surface area contributed by atoms with E-state index in [-0.39, 0.29) is 11.5 Å². The van der Waals surface area contributed by atoms with Gasteiger partial charge in [0.1, 0.15) is 6.04 Å². The van der Waals surface area contributed by atoms with Gasteiger partial charge in [0.2, 0.25) is 0 Å². The number of aromatic nitrogens is 2. The van der Waals surface area contributed by atoms with E-state index in [1.807, 2.05) is 28.0 Å². The van der Waals surface area contributed by atoms with Gasteiger partial charge in [-0.05, 0) is 24.5 Å². The van der Waals surface area contributed by atoms with Crippen LogP contribution < -0.4 is 10.5 Å². The average molecular weight is 403 g/mol. The van der Waals surface area contributed by atoms with Crippen molar-refractivity contribution in [3.8, 4) is 0 Å². The molecule has 1 aromatic heterocycles. The van der Waals surface area contributed by atoms with Gasteiger partial charge in [-0.15, -0.1) is 0 Å². The normalized spacial score (nSPS) is 18.7. The smallest absolute Gasteiger partial charge is 0.327 e. The van der Waals surface area contributed by atoms with Crippen LogP contribution in [-0.4, -0.2) is 53.7 Å². The lowest BCUT2D eigenvalue weighted by atomic mass is 10.0. The Morgan fingerprint density at radius 2 is 1.93 bits per heavy atom. The summed E-state index contributed by atoms with van der Waals surface area (Å²) in [6.45, 7) is 2.42. The van der Waals surface area contributed by atoms with Gasteiger partial charge in [0.05, 0.1) is 7.11 Å². The average Bonchev–Trinajstić information content (AvgIpc) is 3.55. The van der Waals surface area contributed by atoms with E-state index in [0.717, 1.165) is 18.4 Å². The van der Waals surface area contributed by atoms with E-state index in [4.69, 9.17) is 16.3 Å². The lowest BCUT2D eigenvalue weighted by Gasteiger charge is -2.38. The van der Waals surface area contributed by atoms with Gasteiger partial charge in [0.15, 0.2) is 5.82 Å². The predicted molar refractivity (Wildman–Crippen MR) is 107 cm³/mol. The summed E-state index contributed by atoms with van der Waals surface area (Å²) in [5.74, 6) is 0.150. The molecule has 2 aromatic rings. The third-order valence-corrected chi connectivity index (χ3v) is 5.74. The van der Waals surface area contributed by atoms with Crippen molar-refractivity contribution in [2.45, 2.75) is 24.9 Å². The Morgan fingerprint density at radius 3 is 2.57 bits per heavy atom. The van der Waals surface area contributed by atoms with Gasteiger partial charge in [-0.3, -0.25) is 9.69 Å². The Morgan fingerprint density at radius 1 is 1.21 bits per heavy atom. The zero-order valence-electron chi connectivity index (χ0n) is 15.8. The number of rotatable bonds is 5. The number of esters is 1. The maximum absolute atomic E-state index is 12.7. The quantitative estimate of drug-likeness (QED) is 0.715. The van der Waals surface area contributed by atoms with E-state index in [9.17, 15) is 9.59 Å². The first-order valence-electron chi connectivity index (χ1n) is 9.48. The van der Waals surface area contributed by atoms with Gasteiger partial charge >= 0.3 is 5.97 Å². The highest BCUT2D eigenvalue weighted by atomic mass is 35.5. The van der Waals surface area contributed by atoms with Crippen molar-refractivity contribution in [2.24, 2.45) is 0 Å². The minimum atomic E-state index is -0.562. The SMILES string of the molecule is COC(=O)[C@H](c1ccccc1Cl)N1CCN(c2nccn(C3CC3)c2=O)CC1. The molecule has 7 nitrogen and oxygen atoms in total. The molecule has 1 saturated carbocycles. The summed E-state index contributed by atoms with van der Waals surface area (Å²) in [6.07, 6.45) is 5.57. The molecule has 1 aromatic carbocycles. The highest BCUT2D eigenvalue weighted by Crippen LogP contribution is 2.33. The van der Waals surface area contributed by atoms with Crippen LogP contribution in [0.4, 0.5) is 5.82 Å². The second-order valence-corrected chi connectivity index (χ2v) is 7.57. The van der Waals surface area contributed by atoms with Crippen molar-refractivity contribution in [1.29, 1.82) is 0 Å². The summed E-state index contributed by atoms with van der Waals surface area (Å²) >= 11 is 6.34. The second kappa shape index (κ2) is 7.93. The number of halogens is 1. The summed E-state index contributed by atoms with van der Waals surface area (Å²) in [5.41, 5.74) is 0.701. The minimum absolute atomic E-state index is 0.0333. The largest absolute Gasteiger partial charge is 0.468 e. The van der Waals surface area contributed by atoms with Crippen LogP contribution in [0.3, 0.4) is 0 Å². The molecule has 1 aliphatic carbocycles. The lowest BCUT2D eigenvalue weighted by Crippen LogP contribution is -2.51. The van der Waals surface area contributed by atoms with Crippen molar-refractivity contribution in [1.82, 2.24) is 14.5 Å². The molecule has 2 aliphatic rings. The molecule has 0 N–H and O–H groups in total. The molecule has 0 unspecified atom stereocenters. The Balaban J connectivity index is 1.53. The number of carbonyl (C=O) groups excluding carboxylic acids is 1. The van der Waals surface area contributed by atoms with E-state index in [2.05, 4.69) is 4.98 Å². The van der Waals surface area contributed by atoms with Gasteiger partial charge in [0.25, 0.3) is 5.56 Å². The van der Waals surface area contributed by atoms with Crippen LogP contribution in [0.15, 0.2) is 41.5 Å². The summed E-state index contributed by atoms with van der Waals surface area (Å²) in [4.78, 5) is 33.6. The molecule has 0 bridgehead atoms. The standard InChI is InChI=1S/C20H23ClN4O3/c1-28-20(27)17(15-4-2-3-5-16(15)21)23-10-12-24(13-11-23)18-19(26)25(9-8-22-18)14-6-7-14/h2-5,8-9,14,17H,6-7,10-13H2,1H3/t17-/m0/s1. The molecule has 2 fully saturated rings. The number of methoxy groups -OCH3 is 1. The second-order valence-electron chi connectivity index (χ2n) is 7.16. The van der Waals surface area contributed by atoms with E-state index < -0.39 is 6.04 Å². The van der Waals surface area contributed by atoms with E-state index >= 15 is 0 Å². The van der Waals surface area contributed by atoms with E-state index in [1.165, 1.54) is 7.11 Å². The molecule has 1 atom stereocenters. The van der Waals surface area contributed by atoms with Crippen LogP contribution in [0, 0.1) is 0 Å². The van der Waals surface area contributed by atoms with Crippen molar-refractivity contribution in [2.75, 3.05) is 38.2 Å². The number of ether oxygens (including phenoxy) is 1. The molecule has 148 valence electrons. The van der Waals surface area contributed by atoms with Crippen LogP contribution in [0.1, 0.15) is 30.5 Å². The molecule has 8 heteroatoms. The van der Waals surface area contributed by atoms with Gasteiger partial charge in [-0.2, -0.15) is 0 Å². The Hall–Kier alpha value is -2.38. The molecule has 28 heavy (non-hydrogen) atoms. The van der Waals surface area contributed by atoms with E-state index in [0.29, 0.717) is 43.1 Å². The minimum Gasteiger partial charge on any atom is -0.468 e. The van der Waals surface area contributed by atoms with Gasteiger partial charge < -0.3 is 14.2 Å². The van der Waals surface area contributed by atoms with Crippen molar-refractivity contribution < 1.29 is 9.53 Å². The van der Waals surface area contributed by atoms with E-state index in [1.54, 1.807) is 23.0 Å². The number of hydrogen-bond acceptors (Lipinski definition) is 6. The number of benzene rings is 1. The van der Waals surface area contributed by atoms with Crippen LogP contribution in [0.5, 0.6) is 0 Å². The maximum atomic E-state index is 12.7. The monoisotopic (exact) mass is 402 g/mol. The number of nitrogens with zero attached hydrogens (tertiary/aromatic N) is 4. The third kappa shape index (κ3) is 3.64. The molecule has 1 saturated heterocycles. The number of anilines is 1. The highest BCUT2D eigenvalue weighted by molar-refractivity contribution is 6.31. The zero-order chi connectivity index (χ0) is 19.7. The third-order valence-electron chi connectivity index (χ3n) is 5.39. The van der Waals surface area contributed by atoms with Crippen LogP contribution >= 0.6 is 11.6 Å². The van der Waals surface area contributed by atoms with Crippen molar-refractivity contribution in [3.63, 3.8) is 0 Å². The molecule has 0 amide bonds. The molecule has 1 aliphatic heterocycles. The maximum Gasteiger partial charge on any atom is 0.327 e. The Kier molecular flexibility index (Phi) is 5.37. The first-order valence-corrected chi connectivity index (χ1v) is 9.86. The fourth-order valence-electron chi connectivity index (χ4n) is 3.74. The first-order chi connectivity index (χ1) is 13.6. The van der Waals surface area contributed by atoms with Gasteiger partial charge in [0, 0.05) is 49.6 Å².